The lowest BCUT2D eigenvalue weighted by Gasteiger charge is -2.38. The molecule has 2 heterocycles. The molecule has 1 aromatic carbocycles. The number of nitrogens with zero attached hydrogens (tertiary/aromatic N) is 2. The smallest absolute Gasteiger partial charge is 0.244 e. The predicted molar refractivity (Wildman–Crippen MR) is 95.2 cm³/mol. The minimum absolute atomic E-state index is 0.0873. The number of hydrogen-bond acceptors (Lipinski definition) is 3. The van der Waals surface area contributed by atoms with Crippen LogP contribution in [0.2, 0.25) is 5.02 Å². The molecule has 0 radical (unpaired) electrons. The summed E-state index contributed by atoms with van der Waals surface area (Å²) in [6, 6.07) is 7.56. The number of nitrogens with one attached hydrogen (secondary N) is 1. The quantitative estimate of drug-likeness (QED) is 0.911. The fourth-order valence-corrected chi connectivity index (χ4v) is 3.92. The lowest BCUT2D eigenvalue weighted by molar-refractivity contribution is -0.131. The monoisotopic (exact) mass is 349 g/mol. The maximum atomic E-state index is 12.8. The van der Waals surface area contributed by atoms with E-state index >= 15 is 0 Å². The van der Waals surface area contributed by atoms with Crippen molar-refractivity contribution in [3.63, 3.8) is 0 Å². The van der Waals surface area contributed by atoms with Crippen LogP contribution in [-0.2, 0) is 9.59 Å². The van der Waals surface area contributed by atoms with Gasteiger partial charge >= 0.3 is 0 Å². The number of piperidine rings is 1. The van der Waals surface area contributed by atoms with Crippen LogP contribution >= 0.6 is 11.6 Å². The number of amides is 2. The van der Waals surface area contributed by atoms with Crippen LogP contribution in [0.3, 0.4) is 0 Å². The number of hydrogen-bond donors (Lipinski definition) is 1. The summed E-state index contributed by atoms with van der Waals surface area (Å²) in [5.41, 5.74) is 0.785. The molecule has 2 amide bonds. The van der Waals surface area contributed by atoms with Crippen molar-refractivity contribution in [1.29, 1.82) is 0 Å². The largest absolute Gasteiger partial charge is 0.343 e. The molecule has 2 fully saturated rings. The van der Waals surface area contributed by atoms with E-state index in [9.17, 15) is 9.59 Å². The van der Waals surface area contributed by atoms with Crippen LogP contribution in [0.4, 0.5) is 5.69 Å². The van der Waals surface area contributed by atoms with Gasteiger partial charge in [-0.1, -0.05) is 30.7 Å². The van der Waals surface area contributed by atoms with E-state index in [0.29, 0.717) is 17.5 Å². The third kappa shape index (κ3) is 3.42. The van der Waals surface area contributed by atoms with Gasteiger partial charge in [-0.3, -0.25) is 9.59 Å². The summed E-state index contributed by atoms with van der Waals surface area (Å²) < 4.78 is 0. The van der Waals surface area contributed by atoms with E-state index in [-0.39, 0.29) is 23.9 Å². The summed E-state index contributed by atoms with van der Waals surface area (Å²) in [7, 11) is 0. The van der Waals surface area contributed by atoms with Crippen LogP contribution in [0.25, 0.3) is 0 Å². The Morgan fingerprint density at radius 3 is 2.67 bits per heavy atom. The third-order valence-electron chi connectivity index (χ3n) is 5.11. The molecule has 0 aromatic heterocycles. The molecule has 130 valence electrons. The van der Waals surface area contributed by atoms with Gasteiger partial charge in [0.1, 0.15) is 0 Å². The van der Waals surface area contributed by atoms with E-state index in [2.05, 4.69) is 12.2 Å². The van der Waals surface area contributed by atoms with Crippen molar-refractivity contribution in [2.24, 2.45) is 5.92 Å². The third-order valence-corrected chi connectivity index (χ3v) is 5.43. The molecule has 5 nitrogen and oxygen atoms in total. The molecule has 2 aliphatic heterocycles. The maximum absolute atomic E-state index is 12.8. The van der Waals surface area contributed by atoms with Crippen LogP contribution in [-0.4, -0.2) is 48.4 Å². The zero-order chi connectivity index (χ0) is 17.3. The van der Waals surface area contributed by atoms with Crippen molar-refractivity contribution in [2.75, 3.05) is 24.5 Å². The van der Waals surface area contributed by atoms with Gasteiger partial charge in [0.2, 0.25) is 11.8 Å². The summed E-state index contributed by atoms with van der Waals surface area (Å²) >= 11 is 6.23. The molecule has 3 atom stereocenters. The second-order valence-corrected chi connectivity index (χ2v) is 7.19. The molecule has 3 rings (SSSR count). The number of benzene rings is 1. The number of anilines is 1. The first-order valence-electron chi connectivity index (χ1n) is 8.55. The topological polar surface area (TPSA) is 52.7 Å². The van der Waals surface area contributed by atoms with E-state index in [0.717, 1.165) is 31.6 Å². The predicted octanol–water partition coefficient (Wildman–Crippen LogP) is 2.29. The molecular formula is C18H24ClN3O2. The second kappa shape index (κ2) is 7.11. The van der Waals surface area contributed by atoms with E-state index < -0.39 is 0 Å². The molecule has 0 saturated carbocycles. The average Bonchev–Trinajstić information content (AvgIpc) is 2.90. The highest BCUT2D eigenvalue weighted by Crippen LogP contribution is 2.29. The first-order valence-corrected chi connectivity index (χ1v) is 8.92. The van der Waals surface area contributed by atoms with E-state index in [4.69, 9.17) is 11.6 Å². The Kier molecular flexibility index (Phi) is 5.11. The van der Waals surface area contributed by atoms with Gasteiger partial charge in [-0.05, 0) is 30.9 Å². The number of rotatable bonds is 3. The van der Waals surface area contributed by atoms with Crippen LogP contribution in [0.1, 0.15) is 26.7 Å². The number of para-hydroxylation sites is 1. The summed E-state index contributed by atoms with van der Waals surface area (Å²) in [6.45, 7) is 5.94. The molecule has 0 spiro atoms. The summed E-state index contributed by atoms with van der Waals surface area (Å²) in [6.07, 6.45) is 1.67. The van der Waals surface area contributed by atoms with Gasteiger partial charge in [0.05, 0.1) is 16.8 Å². The summed E-state index contributed by atoms with van der Waals surface area (Å²) in [5.74, 6) is 0.552. The first kappa shape index (κ1) is 17.2. The number of halogens is 1. The highest BCUT2D eigenvalue weighted by atomic mass is 35.5. The molecular weight excluding hydrogens is 326 g/mol. The Hall–Kier alpha value is -1.59. The fraction of sp³-hybridized carbons (Fsp3) is 0.556. The molecule has 2 aliphatic rings. The van der Waals surface area contributed by atoms with E-state index in [1.54, 1.807) is 11.8 Å². The molecule has 0 bridgehead atoms. The van der Waals surface area contributed by atoms with Gasteiger partial charge in [0.25, 0.3) is 0 Å². The van der Waals surface area contributed by atoms with Crippen molar-refractivity contribution >= 4 is 29.1 Å². The fourth-order valence-electron chi connectivity index (χ4n) is 3.68. The van der Waals surface area contributed by atoms with Crippen molar-refractivity contribution in [3.05, 3.63) is 29.3 Å². The highest BCUT2D eigenvalue weighted by molar-refractivity contribution is 6.33. The first-order chi connectivity index (χ1) is 11.5. The summed E-state index contributed by atoms with van der Waals surface area (Å²) in [5, 5.41) is 4.13. The number of likely N-dealkylation sites (tertiary alicyclic amines) is 1. The molecule has 0 unspecified atom stereocenters. The zero-order valence-corrected chi connectivity index (χ0v) is 14.9. The van der Waals surface area contributed by atoms with E-state index in [1.165, 1.54) is 0 Å². The molecule has 1 aromatic rings. The lowest BCUT2D eigenvalue weighted by atomic mass is 9.93. The standard InChI is InChI=1S/C18H24ClN3O2/c1-12-11-21(13(2)23)9-7-15(12)20-16-8-10-22(18(16)24)17-6-4-3-5-14(17)19/h3-6,12,15-16,20H,7-11H2,1-2H3/t12-,15+,16+/m1/s1. The van der Waals surface area contributed by atoms with Gasteiger partial charge < -0.3 is 15.1 Å². The van der Waals surface area contributed by atoms with Crippen molar-refractivity contribution < 1.29 is 9.59 Å². The van der Waals surface area contributed by atoms with Crippen LogP contribution in [0.15, 0.2) is 24.3 Å². The highest BCUT2D eigenvalue weighted by Gasteiger charge is 2.37. The van der Waals surface area contributed by atoms with Gasteiger partial charge in [0, 0.05) is 32.6 Å². The van der Waals surface area contributed by atoms with Crippen LogP contribution < -0.4 is 10.2 Å². The molecule has 2 saturated heterocycles. The van der Waals surface area contributed by atoms with Gasteiger partial charge in [-0.15, -0.1) is 0 Å². The Bertz CT molecular complexity index is 636. The van der Waals surface area contributed by atoms with Crippen molar-refractivity contribution in [1.82, 2.24) is 10.2 Å². The Morgan fingerprint density at radius 2 is 2.00 bits per heavy atom. The van der Waals surface area contributed by atoms with Gasteiger partial charge in [0.15, 0.2) is 0 Å². The molecule has 1 N–H and O–H groups in total. The van der Waals surface area contributed by atoms with E-state index in [1.807, 2.05) is 29.2 Å². The molecule has 0 aliphatic carbocycles. The normalized spacial score (nSPS) is 27.6. The lowest BCUT2D eigenvalue weighted by Crippen LogP contribution is -2.53. The van der Waals surface area contributed by atoms with Gasteiger partial charge in [-0.25, -0.2) is 0 Å². The Morgan fingerprint density at radius 1 is 1.25 bits per heavy atom. The van der Waals surface area contributed by atoms with Crippen LogP contribution in [0, 0.1) is 5.92 Å². The minimum atomic E-state index is -0.169. The second-order valence-electron chi connectivity index (χ2n) is 6.79. The summed E-state index contributed by atoms with van der Waals surface area (Å²) in [4.78, 5) is 27.9. The zero-order valence-electron chi connectivity index (χ0n) is 14.2. The SMILES string of the molecule is CC(=O)N1CC[C@H](N[C@H]2CCN(c3ccccc3Cl)C2=O)[C@H](C)C1. The number of carbonyl (C=O) groups is 2. The number of carbonyl (C=O) groups excluding carboxylic acids is 2. The van der Waals surface area contributed by atoms with Gasteiger partial charge in [-0.2, -0.15) is 0 Å². The molecule has 6 heteroatoms. The van der Waals surface area contributed by atoms with Crippen LogP contribution in [0.5, 0.6) is 0 Å². The average molecular weight is 350 g/mol. The minimum Gasteiger partial charge on any atom is -0.343 e. The Balaban J connectivity index is 1.62. The maximum Gasteiger partial charge on any atom is 0.244 e. The van der Waals surface area contributed by atoms with Crippen molar-refractivity contribution in [3.8, 4) is 0 Å². The van der Waals surface area contributed by atoms with Crippen molar-refractivity contribution in [2.45, 2.75) is 38.8 Å². The molecule has 24 heavy (non-hydrogen) atoms. The Labute approximate surface area is 147 Å².